The maximum absolute atomic E-state index is 13.4. The average molecular weight is 599 g/mol. The van der Waals surface area contributed by atoms with E-state index in [1.54, 1.807) is 10.1 Å². The van der Waals surface area contributed by atoms with Crippen molar-refractivity contribution in [2.24, 2.45) is 11.8 Å². The first-order valence-electron chi connectivity index (χ1n) is 14.0. The molecule has 2 saturated heterocycles. The highest BCUT2D eigenvalue weighted by atomic mass is 16.8. The summed E-state index contributed by atoms with van der Waals surface area (Å²) in [6.07, 6.45) is 0.818. The first-order valence-corrected chi connectivity index (χ1v) is 14.0. The van der Waals surface area contributed by atoms with Crippen LogP contribution < -0.4 is 9.47 Å². The van der Waals surface area contributed by atoms with Crippen molar-refractivity contribution in [2.75, 3.05) is 0 Å². The predicted octanol–water partition coefficient (Wildman–Crippen LogP) is 5.62. The molecule has 0 aliphatic carbocycles. The maximum atomic E-state index is 13.4. The summed E-state index contributed by atoms with van der Waals surface area (Å²) in [5, 5.41) is 25.5. The van der Waals surface area contributed by atoms with Gasteiger partial charge in [0.15, 0.2) is 0 Å². The fourth-order valence-corrected chi connectivity index (χ4v) is 6.41. The molecule has 2 aromatic carbocycles. The van der Waals surface area contributed by atoms with Crippen molar-refractivity contribution in [3.8, 4) is 11.5 Å². The minimum atomic E-state index is -0.842. The van der Waals surface area contributed by atoms with Gasteiger partial charge in [-0.15, -0.1) is 0 Å². The van der Waals surface area contributed by atoms with Crippen molar-refractivity contribution in [3.05, 3.63) is 68.8 Å². The van der Waals surface area contributed by atoms with E-state index in [0.29, 0.717) is 12.8 Å². The SMILES string of the molecule is CC1(C)CC(C(=O)Oc2ccc([N+](=O)[O-])cc2)C(C)(C)N1ON1C(C)(C)CC(C(=O)Oc2ccc([N+](=O)[O-])cc2)C1(C)C. The zero-order valence-electron chi connectivity index (χ0n) is 25.7. The monoisotopic (exact) mass is 598 g/mol. The van der Waals surface area contributed by atoms with Gasteiger partial charge in [0, 0.05) is 35.3 Å². The summed E-state index contributed by atoms with van der Waals surface area (Å²) in [5.41, 5.74) is -3.13. The molecule has 0 aromatic heterocycles. The number of esters is 2. The lowest BCUT2D eigenvalue weighted by atomic mass is 9.87. The molecular formula is C30H38N4O9. The fraction of sp³-hybridized carbons (Fsp3) is 0.533. The molecule has 0 spiro atoms. The van der Waals surface area contributed by atoms with Crippen molar-refractivity contribution in [2.45, 2.75) is 90.4 Å². The molecule has 43 heavy (non-hydrogen) atoms. The van der Waals surface area contributed by atoms with Crippen LogP contribution >= 0.6 is 0 Å². The normalized spacial score (nSPS) is 23.9. The second-order valence-corrected chi connectivity index (χ2v) is 13.5. The molecule has 2 aliphatic rings. The molecule has 2 fully saturated rings. The molecule has 2 atom stereocenters. The van der Waals surface area contributed by atoms with Gasteiger partial charge in [0.2, 0.25) is 0 Å². The van der Waals surface area contributed by atoms with Crippen LogP contribution in [0.3, 0.4) is 0 Å². The summed E-state index contributed by atoms with van der Waals surface area (Å²) >= 11 is 0. The highest BCUT2D eigenvalue weighted by Gasteiger charge is 2.62. The molecule has 0 N–H and O–H groups in total. The molecule has 2 aromatic rings. The van der Waals surface area contributed by atoms with E-state index in [9.17, 15) is 29.8 Å². The molecule has 4 rings (SSSR count). The van der Waals surface area contributed by atoms with Gasteiger partial charge < -0.3 is 9.47 Å². The Morgan fingerprint density at radius 2 is 0.953 bits per heavy atom. The van der Waals surface area contributed by atoms with Crippen LogP contribution in [0.5, 0.6) is 11.5 Å². The number of rotatable bonds is 8. The lowest BCUT2D eigenvalue weighted by Gasteiger charge is -2.47. The van der Waals surface area contributed by atoms with E-state index in [0.717, 1.165) is 0 Å². The van der Waals surface area contributed by atoms with Crippen LogP contribution in [-0.2, 0) is 14.5 Å². The average Bonchev–Trinajstić information content (AvgIpc) is 3.21. The van der Waals surface area contributed by atoms with E-state index in [1.807, 2.05) is 55.4 Å². The summed E-state index contributed by atoms with van der Waals surface area (Å²) in [5.74, 6) is -1.76. The first kappa shape index (κ1) is 32.0. The van der Waals surface area contributed by atoms with Crippen molar-refractivity contribution < 1.29 is 33.8 Å². The maximum Gasteiger partial charge on any atom is 0.316 e. The molecule has 0 bridgehead atoms. The van der Waals surface area contributed by atoms with Gasteiger partial charge in [0.05, 0.1) is 32.8 Å². The van der Waals surface area contributed by atoms with Crippen LogP contribution in [0.2, 0.25) is 0 Å². The fourth-order valence-electron chi connectivity index (χ4n) is 6.41. The summed E-state index contributed by atoms with van der Waals surface area (Å²) in [7, 11) is 0. The van der Waals surface area contributed by atoms with Crippen LogP contribution in [-0.4, -0.2) is 54.1 Å². The molecule has 0 saturated carbocycles. The van der Waals surface area contributed by atoms with Gasteiger partial charge in [-0.3, -0.25) is 29.8 Å². The van der Waals surface area contributed by atoms with Crippen LogP contribution in [0.4, 0.5) is 11.4 Å². The molecule has 232 valence electrons. The molecule has 2 unspecified atom stereocenters. The van der Waals surface area contributed by atoms with E-state index in [4.69, 9.17) is 14.4 Å². The number of hydroxylamine groups is 4. The number of benzene rings is 2. The summed E-state index contributed by atoms with van der Waals surface area (Å²) in [6.45, 7) is 15.4. The number of nitro groups is 2. The minimum absolute atomic E-state index is 0.104. The number of carbonyl (C=O) groups is 2. The third kappa shape index (κ3) is 6.10. The Morgan fingerprint density at radius 3 is 1.23 bits per heavy atom. The van der Waals surface area contributed by atoms with Gasteiger partial charge in [-0.1, -0.05) is 0 Å². The lowest BCUT2D eigenvalue weighted by molar-refractivity contribution is -0.410. The molecule has 13 nitrogen and oxygen atoms in total. The third-order valence-electron chi connectivity index (χ3n) is 8.52. The van der Waals surface area contributed by atoms with Crippen molar-refractivity contribution >= 4 is 23.3 Å². The van der Waals surface area contributed by atoms with Crippen LogP contribution in [0, 0.1) is 32.1 Å². The topological polar surface area (TPSA) is 155 Å². The van der Waals surface area contributed by atoms with Crippen molar-refractivity contribution in [3.63, 3.8) is 0 Å². The Balaban J connectivity index is 1.52. The van der Waals surface area contributed by atoms with E-state index in [-0.39, 0.29) is 22.9 Å². The number of ether oxygens (including phenoxy) is 2. The molecule has 0 radical (unpaired) electrons. The zero-order chi connectivity index (χ0) is 32.1. The first-order chi connectivity index (χ1) is 19.8. The Morgan fingerprint density at radius 1 is 0.651 bits per heavy atom. The van der Waals surface area contributed by atoms with E-state index >= 15 is 0 Å². The standard InChI is InChI=1S/C30H38N4O9/c1-27(2)17-23(25(35)41-21-13-9-19(10-14-21)31(37)38)29(5,6)33(27)43-34-28(3,4)18-24(30(34,7)8)26(36)42-22-15-11-20(12-16-22)32(39)40/h9-16,23-24H,17-18H2,1-8H3. The summed E-state index contributed by atoms with van der Waals surface area (Å²) < 4.78 is 11.3. The van der Waals surface area contributed by atoms with Crippen LogP contribution in [0.15, 0.2) is 48.5 Å². The van der Waals surface area contributed by atoms with Gasteiger partial charge in [-0.05, 0) is 92.5 Å². The van der Waals surface area contributed by atoms with Gasteiger partial charge in [-0.25, -0.2) is 4.94 Å². The molecule has 2 aliphatic heterocycles. The molecular weight excluding hydrogens is 560 g/mol. The molecule has 13 heteroatoms. The number of nitrogens with zero attached hydrogens (tertiary/aromatic N) is 4. The van der Waals surface area contributed by atoms with Crippen LogP contribution in [0.1, 0.15) is 68.2 Å². The molecule has 0 amide bonds. The highest BCUT2D eigenvalue weighted by molar-refractivity contribution is 5.78. The number of carbonyl (C=O) groups excluding carboxylic acids is 2. The number of hydrogen-bond donors (Lipinski definition) is 0. The number of non-ortho nitro benzene ring substituents is 2. The second kappa shape index (κ2) is 11.0. The van der Waals surface area contributed by atoms with Gasteiger partial charge in [-0.2, -0.15) is 10.1 Å². The van der Waals surface area contributed by atoms with Gasteiger partial charge in [0.25, 0.3) is 11.4 Å². The number of nitro benzene ring substituents is 2. The van der Waals surface area contributed by atoms with Gasteiger partial charge in [0.1, 0.15) is 11.5 Å². The Kier molecular flexibility index (Phi) is 8.15. The quantitative estimate of drug-likeness (QED) is 0.161. The highest BCUT2D eigenvalue weighted by Crippen LogP contribution is 2.51. The molecule has 2 heterocycles. The zero-order valence-corrected chi connectivity index (χ0v) is 25.7. The van der Waals surface area contributed by atoms with E-state index in [2.05, 4.69) is 0 Å². The Labute approximate surface area is 249 Å². The second-order valence-electron chi connectivity index (χ2n) is 13.5. The summed E-state index contributed by atoms with van der Waals surface area (Å²) in [4.78, 5) is 54.4. The Hall–Kier alpha value is -3.94. The summed E-state index contributed by atoms with van der Waals surface area (Å²) in [6, 6.07) is 10.7. The largest absolute Gasteiger partial charge is 0.426 e. The predicted molar refractivity (Wildman–Crippen MR) is 155 cm³/mol. The third-order valence-corrected chi connectivity index (χ3v) is 8.52. The van der Waals surface area contributed by atoms with Crippen molar-refractivity contribution in [1.82, 2.24) is 10.1 Å². The number of hydrogen-bond acceptors (Lipinski definition) is 11. The Bertz CT molecular complexity index is 1310. The minimum Gasteiger partial charge on any atom is -0.426 e. The van der Waals surface area contributed by atoms with Crippen molar-refractivity contribution in [1.29, 1.82) is 0 Å². The lowest BCUT2D eigenvalue weighted by Crippen LogP contribution is -2.60. The van der Waals surface area contributed by atoms with E-state index < -0.39 is 55.8 Å². The van der Waals surface area contributed by atoms with Crippen LogP contribution in [0.25, 0.3) is 0 Å². The smallest absolute Gasteiger partial charge is 0.316 e. The van der Waals surface area contributed by atoms with Gasteiger partial charge >= 0.3 is 11.9 Å². The van der Waals surface area contributed by atoms with E-state index in [1.165, 1.54) is 48.5 Å².